The molecule has 2 heterocycles. The summed E-state index contributed by atoms with van der Waals surface area (Å²) in [7, 11) is 0. The number of benzene rings is 1. The van der Waals surface area contributed by atoms with Gasteiger partial charge < -0.3 is 4.74 Å². The molecule has 0 spiro atoms. The van der Waals surface area contributed by atoms with Crippen LogP contribution in [0.15, 0.2) is 35.4 Å². The Morgan fingerprint density at radius 1 is 1.36 bits per heavy atom. The van der Waals surface area contributed by atoms with Gasteiger partial charge >= 0.3 is 5.97 Å². The van der Waals surface area contributed by atoms with Gasteiger partial charge in [0.2, 0.25) is 0 Å². The first-order valence-corrected chi connectivity index (χ1v) is 7.72. The van der Waals surface area contributed by atoms with Gasteiger partial charge in [0.1, 0.15) is 12.1 Å². The van der Waals surface area contributed by atoms with Crippen LogP contribution >= 0.6 is 0 Å². The first kappa shape index (κ1) is 14.9. The third kappa shape index (κ3) is 2.80. The van der Waals surface area contributed by atoms with Crippen molar-refractivity contribution in [2.75, 3.05) is 13.1 Å². The van der Waals surface area contributed by atoms with Gasteiger partial charge in [0.25, 0.3) is 0 Å². The summed E-state index contributed by atoms with van der Waals surface area (Å²) in [4.78, 5) is 17.3. The van der Waals surface area contributed by atoms with Crippen molar-refractivity contribution < 1.29 is 9.53 Å². The van der Waals surface area contributed by atoms with Crippen LogP contribution in [0.4, 0.5) is 0 Å². The Labute approximate surface area is 129 Å². The van der Waals surface area contributed by atoms with Gasteiger partial charge in [-0.25, -0.2) is 0 Å². The smallest absolute Gasteiger partial charge is 0.323 e. The number of azide groups is 1. The van der Waals surface area contributed by atoms with Crippen molar-refractivity contribution in [3.8, 4) is 0 Å². The van der Waals surface area contributed by atoms with E-state index in [9.17, 15) is 4.79 Å². The van der Waals surface area contributed by atoms with Gasteiger partial charge in [-0.15, -0.1) is 0 Å². The Bertz CT molecular complexity index is 585. The van der Waals surface area contributed by atoms with Gasteiger partial charge in [-0.3, -0.25) is 9.69 Å². The van der Waals surface area contributed by atoms with Crippen LogP contribution in [0.5, 0.6) is 0 Å². The average molecular weight is 300 g/mol. The molecular formula is C16H20N4O2. The molecule has 0 bridgehead atoms. The van der Waals surface area contributed by atoms with Crippen molar-refractivity contribution in [3.63, 3.8) is 0 Å². The minimum absolute atomic E-state index is 0.177. The lowest BCUT2D eigenvalue weighted by Gasteiger charge is -2.48. The minimum atomic E-state index is -0.351. The fourth-order valence-electron chi connectivity index (χ4n) is 3.67. The van der Waals surface area contributed by atoms with Crippen molar-refractivity contribution in [1.29, 1.82) is 0 Å². The van der Waals surface area contributed by atoms with Gasteiger partial charge in [0.15, 0.2) is 0 Å². The summed E-state index contributed by atoms with van der Waals surface area (Å²) in [6.07, 6.45) is 1.49. The zero-order chi connectivity index (χ0) is 15.5. The molecule has 2 aliphatic rings. The van der Waals surface area contributed by atoms with Crippen molar-refractivity contribution in [3.05, 3.63) is 46.3 Å². The summed E-state index contributed by atoms with van der Waals surface area (Å²) in [5, 5.41) is 3.56. The Kier molecular flexibility index (Phi) is 4.32. The number of ether oxygens (including phenoxy) is 1. The van der Waals surface area contributed by atoms with Crippen LogP contribution in [0.3, 0.4) is 0 Å². The van der Waals surface area contributed by atoms with Gasteiger partial charge in [-0.1, -0.05) is 42.4 Å². The molecule has 3 unspecified atom stereocenters. The molecule has 2 aliphatic heterocycles. The number of nitrogens with zero attached hydrogens (tertiary/aromatic N) is 4. The van der Waals surface area contributed by atoms with E-state index in [2.05, 4.69) is 34.0 Å². The lowest BCUT2D eigenvalue weighted by molar-refractivity contribution is -0.173. The Hall–Kier alpha value is -2.04. The van der Waals surface area contributed by atoms with E-state index < -0.39 is 0 Å². The number of hydrogen-bond donors (Lipinski definition) is 0. The molecule has 0 aliphatic carbocycles. The molecule has 2 saturated heterocycles. The van der Waals surface area contributed by atoms with E-state index in [0.717, 1.165) is 12.8 Å². The number of hydrogen-bond acceptors (Lipinski definition) is 4. The van der Waals surface area contributed by atoms with Crippen LogP contribution in [0.25, 0.3) is 10.4 Å². The maximum Gasteiger partial charge on any atom is 0.323 e. The van der Waals surface area contributed by atoms with E-state index in [0.29, 0.717) is 12.5 Å². The highest BCUT2D eigenvalue weighted by molar-refractivity contribution is 5.77. The Balaban J connectivity index is 1.88. The van der Waals surface area contributed by atoms with E-state index in [1.807, 2.05) is 18.2 Å². The summed E-state index contributed by atoms with van der Waals surface area (Å²) in [5.74, 6) is 0.293. The maximum atomic E-state index is 12.3. The first-order chi connectivity index (χ1) is 10.7. The van der Waals surface area contributed by atoms with Crippen LogP contribution in [-0.2, 0) is 9.53 Å². The number of carbonyl (C=O) groups excluding carboxylic acids is 1. The molecule has 4 atom stereocenters. The molecule has 0 N–H and O–H groups in total. The summed E-state index contributed by atoms with van der Waals surface area (Å²) >= 11 is 0. The number of morpholine rings is 1. The lowest BCUT2D eigenvalue weighted by atomic mass is 9.82. The van der Waals surface area contributed by atoms with Gasteiger partial charge in [-0.05, 0) is 29.9 Å². The summed E-state index contributed by atoms with van der Waals surface area (Å²) in [6, 6.07) is 10.3. The molecule has 0 aromatic heterocycles. The second-order valence-corrected chi connectivity index (χ2v) is 6.10. The predicted molar refractivity (Wildman–Crippen MR) is 82.0 cm³/mol. The fourth-order valence-corrected chi connectivity index (χ4v) is 3.67. The third-order valence-electron chi connectivity index (χ3n) is 4.65. The molecule has 0 saturated carbocycles. The zero-order valence-electron chi connectivity index (χ0n) is 12.6. The van der Waals surface area contributed by atoms with Crippen molar-refractivity contribution >= 4 is 5.97 Å². The highest BCUT2D eigenvalue weighted by atomic mass is 16.5. The van der Waals surface area contributed by atoms with Gasteiger partial charge in [0.05, 0.1) is 6.54 Å². The quantitative estimate of drug-likeness (QED) is 0.372. The van der Waals surface area contributed by atoms with Crippen LogP contribution < -0.4 is 0 Å². The van der Waals surface area contributed by atoms with Crippen molar-refractivity contribution in [2.24, 2.45) is 11.0 Å². The zero-order valence-corrected chi connectivity index (χ0v) is 12.6. The third-order valence-corrected chi connectivity index (χ3v) is 4.65. The van der Waals surface area contributed by atoms with Crippen LogP contribution in [-0.4, -0.2) is 36.1 Å². The Morgan fingerprint density at radius 2 is 2.14 bits per heavy atom. The van der Waals surface area contributed by atoms with Gasteiger partial charge in [0, 0.05) is 17.5 Å². The van der Waals surface area contributed by atoms with Crippen molar-refractivity contribution in [2.45, 2.75) is 38.0 Å². The molecule has 1 aromatic rings. The number of cyclic esters (lactones) is 1. The average Bonchev–Trinajstić information content (AvgIpc) is 2.53. The molecule has 0 radical (unpaired) electrons. The number of esters is 1. The number of carbonyl (C=O) groups is 1. The molecule has 1 aromatic carbocycles. The largest absolute Gasteiger partial charge is 0.460 e. The SMILES string of the molecule is CC1CC[C@H]2C(=O)OC(CN=[N+]=[N-])CN2C1c1ccccc1. The topological polar surface area (TPSA) is 78.3 Å². The molecule has 6 heteroatoms. The standard InChI is InChI=1S/C16H20N4O2/c1-11-7-8-14-16(21)22-13(9-18-19-17)10-20(14)15(11)12-5-3-2-4-6-12/h2-6,11,13-15H,7-10H2,1H3/t11?,13?,14-,15?/m0/s1. The summed E-state index contributed by atoms with van der Waals surface area (Å²) in [6.45, 7) is 3.05. The fraction of sp³-hybridized carbons (Fsp3) is 0.562. The summed E-state index contributed by atoms with van der Waals surface area (Å²) in [5.41, 5.74) is 9.70. The Morgan fingerprint density at radius 3 is 2.86 bits per heavy atom. The van der Waals surface area contributed by atoms with Crippen LogP contribution in [0, 0.1) is 5.92 Å². The van der Waals surface area contributed by atoms with E-state index in [4.69, 9.17) is 10.3 Å². The normalized spacial score (nSPS) is 31.8. The number of fused-ring (bicyclic) bond motifs is 1. The van der Waals surface area contributed by atoms with Crippen LogP contribution in [0.1, 0.15) is 31.4 Å². The second-order valence-electron chi connectivity index (χ2n) is 6.10. The molecule has 2 fully saturated rings. The number of piperidine rings is 1. The molecular weight excluding hydrogens is 280 g/mol. The monoisotopic (exact) mass is 300 g/mol. The summed E-state index contributed by atoms with van der Waals surface area (Å²) < 4.78 is 5.43. The minimum Gasteiger partial charge on any atom is -0.460 e. The molecule has 0 amide bonds. The van der Waals surface area contributed by atoms with Gasteiger partial charge in [-0.2, -0.15) is 0 Å². The maximum absolute atomic E-state index is 12.3. The second kappa shape index (κ2) is 6.38. The van der Waals surface area contributed by atoms with E-state index in [1.165, 1.54) is 5.56 Å². The molecule has 22 heavy (non-hydrogen) atoms. The van der Waals surface area contributed by atoms with E-state index >= 15 is 0 Å². The van der Waals surface area contributed by atoms with Crippen LogP contribution in [0.2, 0.25) is 0 Å². The predicted octanol–water partition coefficient (Wildman–Crippen LogP) is 3.06. The van der Waals surface area contributed by atoms with Crippen molar-refractivity contribution in [1.82, 2.24) is 4.90 Å². The molecule has 116 valence electrons. The van der Waals surface area contributed by atoms with E-state index in [1.54, 1.807) is 0 Å². The highest BCUT2D eigenvalue weighted by Gasteiger charge is 2.44. The highest BCUT2D eigenvalue weighted by Crippen LogP contribution is 2.40. The number of rotatable bonds is 3. The van der Waals surface area contributed by atoms with E-state index in [-0.39, 0.29) is 30.7 Å². The molecule has 6 nitrogen and oxygen atoms in total. The molecule has 3 rings (SSSR count). The first-order valence-electron chi connectivity index (χ1n) is 7.72. The lowest BCUT2D eigenvalue weighted by Crippen LogP contribution is -2.57.